The summed E-state index contributed by atoms with van der Waals surface area (Å²) in [4.78, 5) is 15.3. The number of hydrogen-bond donors (Lipinski definition) is 1. The first kappa shape index (κ1) is 14.8. The second-order valence-corrected chi connectivity index (χ2v) is 6.33. The maximum Gasteiger partial charge on any atom is 0.296 e. The van der Waals surface area contributed by atoms with Crippen molar-refractivity contribution in [1.82, 2.24) is 4.90 Å². The second-order valence-electron chi connectivity index (χ2n) is 6.33. The molecule has 6 nitrogen and oxygen atoms in total. The zero-order chi connectivity index (χ0) is 16.1. The standard InChI is InChI=1S/C16H21N3O3/c1-4-5-7-18-8-6-16(2)12-9-11(20)10-13(19(21)22)14(12)17(3)15(16)18/h4-5,9-10,15,20H,6-8H2,1-3H3/b5-4+/t15-,16-/m0/s1. The highest BCUT2D eigenvalue weighted by Crippen LogP contribution is 2.55. The van der Waals surface area contributed by atoms with Crippen LogP contribution in [0.25, 0.3) is 0 Å². The predicted octanol–water partition coefficient (Wildman–Crippen LogP) is 2.62. The molecular formula is C16H21N3O3. The highest BCUT2D eigenvalue weighted by molar-refractivity contribution is 5.76. The molecule has 6 heteroatoms. The number of rotatable bonds is 3. The van der Waals surface area contributed by atoms with Crippen molar-refractivity contribution in [1.29, 1.82) is 0 Å². The summed E-state index contributed by atoms with van der Waals surface area (Å²) in [6, 6.07) is 2.94. The average Bonchev–Trinajstić information content (AvgIpc) is 2.90. The number of allylic oxidation sites excluding steroid dienone is 1. The third kappa shape index (κ3) is 1.90. The van der Waals surface area contributed by atoms with Crippen LogP contribution in [0.3, 0.4) is 0 Å². The lowest BCUT2D eigenvalue weighted by Crippen LogP contribution is -2.47. The van der Waals surface area contributed by atoms with E-state index in [1.54, 1.807) is 6.07 Å². The lowest BCUT2D eigenvalue weighted by Gasteiger charge is -2.34. The maximum atomic E-state index is 11.4. The normalized spacial score (nSPS) is 27.4. The average molecular weight is 303 g/mol. The quantitative estimate of drug-likeness (QED) is 0.528. The van der Waals surface area contributed by atoms with Crippen LogP contribution in [0.5, 0.6) is 5.75 Å². The van der Waals surface area contributed by atoms with E-state index in [2.05, 4.69) is 17.9 Å². The third-order valence-electron chi connectivity index (χ3n) is 5.02. The Bertz CT molecular complexity index is 658. The van der Waals surface area contributed by atoms with Crippen LogP contribution in [0, 0.1) is 10.1 Å². The van der Waals surface area contributed by atoms with Crippen molar-refractivity contribution >= 4 is 11.4 Å². The summed E-state index contributed by atoms with van der Waals surface area (Å²) in [5, 5.41) is 21.3. The number of aromatic hydroxyl groups is 1. The van der Waals surface area contributed by atoms with Crippen molar-refractivity contribution in [2.45, 2.75) is 31.8 Å². The number of fused-ring (bicyclic) bond motifs is 3. The molecule has 2 atom stereocenters. The fourth-order valence-corrected chi connectivity index (χ4v) is 4.08. The van der Waals surface area contributed by atoms with Gasteiger partial charge in [-0.15, -0.1) is 0 Å². The number of phenolic OH excluding ortho intramolecular Hbond substituents is 1. The van der Waals surface area contributed by atoms with E-state index in [-0.39, 0.29) is 23.0 Å². The number of hydrogen-bond acceptors (Lipinski definition) is 5. The van der Waals surface area contributed by atoms with Gasteiger partial charge in [-0.1, -0.05) is 19.1 Å². The molecule has 118 valence electrons. The number of nitro groups is 1. The van der Waals surface area contributed by atoms with Gasteiger partial charge in [0, 0.05) is 25.6 Å². The Morgan fingerprint density at radius 1 is 1.55 bits per heavy atom. The molecule has 0 aromatic heterocycles. The Labute approximate surface area is 129 Å². The number of benzene rings is 1. The number of anilines is 1. The van der Waals surface area contributed by atoms with E-state index < -0.39 is 4.92 Å². The maximum absolute atomic E-state index is 11.4. The van der Waals surface area contributed by atoms with Crippen molar-refractivity contribution < 1.29 is 10.0 Å². The van der Waals surface area contributed by atoms with Gasteiger partial charge in [0.15, 0.2) is 0 Å². The first-order valence-corrected chi connectivity index (χ1v) is 7.50. The minimum absolute atomic E-state index is 0.0147. The highest BCUT2D eigenvalue weighted by atomic mass is 16.6. The number of likely N-dealkylation sites (N-methyl/N-ethyl adjacent to an activating group) is 1. The van der Waals surface area contributed by atoms with Crippen molar-refractivity contribution in [2.24, 2.45) is 0 Å². The topological polar surface area (TPSA) is 69.8 Å². The van der Waals surface area contributed by atoms with Gasteiger partial charge in [0.1, 0.15) is 11.4 Å². The lowest BCUT2D eigenvalue weighted by molar-refractivity contribution is -0.384. The minimum atomic E-state index is -0.407. The molecule has 3 rings (SSSR count). The summed E-state index contributed by atoms with van der Waals surface area (Å²) < 4.78 is 0. The van der Waals surface area contributed by atoms with Crippen LogP contribution in [0.2, 0.25) is 0 Å². The predicted molar refractivity (Wildman–Crippen MR) is 85.3 cm³/mol. The molecule has 1 saturated heterocycles. The fraction of sp³-hybridized carbons (Fsp3) is 0.500. The monoisotopic (exact) mass is 303 g/mol. The van der Waals surface area contributed by atoms with Crippen molar-refractivity contribution in [3.8, 4) is 5.75 Å². The molecule has 22 heavy (non-hydrogen) atoms. The van der Waals surface area contributed by atoms with E-state index in [1.165, 1.54) is 6.07 Å². The Hall–Kier alpha value is -2.08. The molecule has 0 radical (unpaired) electrons. The Balaban J connectivity index is 2.12. The highest BCUT2D eigenvalue weighted by Gasteiger charge is 2.55. The van der Waals surface area contributed by atoms with Gasteiger partial charge in [0.2, 0.25) is 0 Å². The lowest BCUT2D eigenvalue weighted by atomic mass is 9.81. The fourth-order valence-electron chi connectivity index (χ4n) is 4.08. The van der Waals surface area contributed by atoms with E-state index >= 15 is 0 Å². The molecule has 0 unspecified atom stereocenters. The zero-order valence-corrected chi connectivity index (χ0v) is 13.1. The first-order valence-electron chi connectivity index (χ1n) is 7.50. The summed E-state index contributed by atoms with van der Waals surface area (Å²) >= 11 is 0. The number of nitro benzene ring substituents is 1. The van der Waals surface area contributed by atoms with Crippen LogP contribution in [0.1, 0.15) is 25.8 Å². The van der Waals surface area contributed by atoms with Gasteiger partial charge in [-0.3, -0.25) is 15.0 Å². The largest absolute Gasteiger partial charge is 0.508 e. The molecule has 1 fully saturated rings. The molecule has 0 bridgehead atoms. The molecule has 0 amide bonds. The molecule has 0 saturated carbocycles. The van der Waals surface area contributed by atoms with Crippen LogP contribution in [0.4, 0.5) is 11.4 Å². The van der Waals surface area contributed by atoms with Crippen LogP contribution in [0.15, 0.2) is 24.3 Å². The van der Waals surface area contributed by atoms with E-state index in [0.717, 1.165) is 25.1 Å². The number of phenols is 1. The zero-order valence-electron chi connectivity index (χ0n) is 13.1. The number of likely N-dealkylation sites (tertiary alicyclic amines) is 1. The van der Waals surface area contributed by atoms with Gasteiger partial charge in [0.25, 0.3) is 5.69 Å². The molecule has 1 aromatic carbocycles. The molecule has 1 N–H and O–H groups in total. The van der Waals surface area contributed by atoms with Crippen molar-refractivity contribution in [3.63, 3.8) is 0 Å². The van der Waals surface area contributed by atoms with Crippen molar-refractivity contribution in [3.05, 3.63) is 40.0 Å². The van der Waals surface area contributed by atoms with Gasteiger partial charge in [-0.25, -0.2) is 0 Å². The van der Waals surface area contributed by atoms with Gasteiger partial charge in [0.05, 0.1) is 17.2 Å². The SMILES string of the molecule is C/C=C/CN1CC[C@@]2(C)c3cc(O)cc([N+](=O)[O-])c3N(C)[C@@H]12. The summed E-state index contributed by atoms with van der Waals surface area (Å²) in [6.45, 7) is 5.90. The van der Waals surface area contributed by atoms with E-state index in [0.29, 0.717) is 5.69 Å². The summed E-state index contributed by atoms with van der Waals surface area (Å²) in [7, 11) is 1.91. The van der Waals surface area contributed by atoms with Gasteiger partial charge >= 0.3 is 0 Å². The molecule has 1 aromatic rings. The third-order valence-corrected chi connectivity index (χ3v) is 5.02. The molecule has 2 aliphatic rings. The van der Waals surface area contributed by atoms with Gasteiger partial charge in [-0.2, -0.15) is 0 Å². The Morgan fingerprint density at radius 2 is 2.27 bits per heavy atom. The van der Waals surface area contributed by atoms with Crippen LogP contribution < -0.4 is 4.90 Å². The Kier molecular flexibility index (Phi) is 3.36. The van der Waals surface area contributed by atoms with E-state index in [4.69, 9.17) is 0 Å². The number of nitrogens with zero attached hydrogens (tertiary/aromatic N) is 3. The minimum Gasteiger partial charge on any atom is -0.508 e. The van der Waals surface area contributed by atoms with Crippen molar-refractivity contribution in [2.75, 3.05) is 25.0 Å². The summed E-state index contributed by atoms with van der Waals surface area (Å²) in [5.74, 6) is -0.0346. The van der Waals surface area contributed by atoms with Crippen LogP contribution in [-0.4, -0.2) is 41.2 Å². The summed E-state index contributed by atoms with van der Waals surface area (Å²) in [5.41, 5.74) is 1.31. The summed E-state index contributed by atoms with van der Waals surface area (Å²) in [6.07, 6.45) is 5.13. The molecule has 0 spiro atoms. The molecular weight excluding hydrogens is 282 g/mol. The molecule has 2 aliphatic heterocycles. The van der Waals surface area contributed by atoms with Crippen LogP contribution in [-0.2, 0) is 5.41 Å². The Morgan fingerprint density at radius 3 is 2.91 bits per heavy atom. The smallest absolute Gasteiger partial charge is 0.296 e. The molecule has 0 aliphatic carbocycles. The second kappa shape index (κ2) is 4.98. The van der Waals surface area contributed by atoms with E-state index in [1.807, 2.05) is 24.9 Å². The van der Waals surface area contributed by atoms with E-state index in [9.17, 15) is 15.2 Å². The first-order chi connectivity index (χ1) is 10.4. The molecule has 2 heterocycles. The van der Waals surface area contributed by atoms with Crippen LogP contribution >= 0.6 is 0 Å². The van der Waals surface area contributed by atoms with Gasteiger partial charge in [-0.05, 0) is 25.0 Å². The van der Waals surface area contributed by atoms with Gasteiger partial charge < -0.3 is 10.0 Å².